The molecule has 0 unspecified atom stereocenters. The smallest absolute Gasteiger partial charge is 0.318 e. The molecule has 0 fully saturated rings. The number of carbonyl (C=O) groups is 1. The standard InChI is InChI=1S/C15H12BrF2N5O/c16-11-3-1-10(2-4-11)8-22-9-12(7-20-22)21-14(24)13-5-6-19-23(13)15(17)18/h1-7,9,15H,8H2,(H,21,24). The third kappa shape index (κ3) is 3.67. The fourth-order valence-corrected chi connectivity index (χ4v) is 2.40. The van der Waals surface area contributed by atoms with Crippen LogP contribution in [0, 0.1) is 0 Å². The van der Waals surface area contributed by atoms with E-state index in [4.69, 9.17) is 0 Å². The Hall–Kier alpha value is -2.55. The van der Waals surface area contributed by atoms with Crippen molar-refractivity contribution in [2.45, 2.75) is 13.1 Å². The van der Waals surface area contributed by atoms with Gasteiger partial charge < -0.3 is 5.32 Å². The lowest BCUT2D eigenvalue weighted by molar-refractivity contribution is 0.0520. The molecule has 6 nitrogen and oxygen atoms in total. The molecule has 0 atom stereocenters. The van der Waals surface area contributed by atoms with Gasteiger partial charge >= 0.3 is 6.55 Å². The molecule has 0 aliphatic carbocycles. The topological polar surface area (TPSA) is 64.7 Å². The first-order valence-electron chi connectivity index (χ1n) is 6.93. The Balaban J connectivity index is 1.68. The predicted molar refractivity (Wildman–Crippen MR) is 86.9 cm³/mol. The minimum atomic E-state index is -2.87. The highest BCUT2D eigenvalue weighted by molar-refractivity contribution is 9.10. The van der Waals surface area contributed by atoms with Crippen molar-refractivity contribution < 1.29 is 13.6 Å². The SMILES string of the molecule is O=C(Nc1cnn(Cc2ccc(Br)cc2)c1)c1ccnn1C(F)F. The monoisotopic (exact) mass is 395 g/mol. The molecule has 9 heteroatoms. The van der Waals surface area contributed by atoms with Crippen LogP contribution in [0.2, 0.25) is 0 Å². The summed E-state index contributed by atoms with van der Waals surface area (Å²) in [5, 5.41) is 10.1. The molecule has 1 amide bonds. The van der Waals surface area contributed by atoms with Crippen LogP contribution < -0.4 is 5.32 Å². The summed E-state index contributed by atoms with van der Waals surface area (Å²) in [6.45, 7) is -2.35. The van der Waals surface area contributed by atoms with Crippen LogP contribution in [0.1, 0.15) is 22.6 Å². The Morgan fingerprint density at radius 1 is 1.21 bits per heavy atom. The van der Waals surface area contributed by atoms with Gasteiger partial charge in [0.05, 0.1) is 18.4 Å². The van der Waals surface area contributed by atoms with E-state index in [1.807, 2.05) is 24.3 Å². The van der Waals surface area contributed by atoms with Crippen LogP contribution >= 0.6 is 15.9 Å². The molecule has 124 valence electrons. The van der Waals surface area contributed by atoms with Gasteiger partial charge in [-0.05, 0) is 23.8 Å². The molecule has 2 aromatic heterocycles. The average Bonchev–Trinajstić information content (AvgIpc) is 3.19. The number of aromatic nitrogens is 4. The van der Waals surface area contributed by atoms with E-state index < -0.39 is 12.5 Å². The highest BCUT2D eigenvalue weighted by atomic mass is 79.9. The molecule has 1 N–H and O–H groups in total. The second-order valence-electron chi connectivity index (χ2n) is 4.95. The number of amides is 1. The van der Waals surface area contributed by atoms with Crippen molar-refractivity contribution in [3.63, 3.8) is 0 Å². The summed E-state index contributed by atoms with van der Waals surface area (Å²) in [7, 11) is 0. The number of carbonyl (C=O) groups excluding carboxylic acids is 1. The summed E-state index contributed by atoms with van der Waals surface area (Å²) in [6.07, 6.45) is 4.24. The minimum Gasteiger partial charge on any atom is -0.318 e. The van der Waals surface area contributed by atoms with Gasteiger partial charge in [0, 0.05) is 16.9 Å². The zero-order chi connectivity index (χ0) is 17.1. The van der Waals surface area contributed by atoms with E-state index in [-0.39, 0.29) is 5.69 Å². The van der Waals surface area contributed by atoms with Crippen LogP contribution in [0.3, 0.4) is 0 Å². The molecule has 0 saturated heterocycles. The van der Waals surface area contributed by atoms with Crippen molar-refractivity contribution in [1.29, 1.82) is 0 Å². The number of halogens is 3. The van der Waals surface area contributed by atoms with Crippen LogP contribution in [0.25, 0.3) is 0 Å². The normalized spacial score (nSPS) is 11.0. The van der Waals surface area contributed by atoms with E-state index in [1.165, 1.54) is 12.3 Å². The average molecular weight is 396 g/mol. The number of benzene rings is 1. The Kier molecular flexibility index (Phi) is 4.70. The van der Waals surface area contributed by atoms with Crippen molar-refractivity contribution in [2.75, 3.05) is 5.32 Å². The van der Waals surface area contributed by atoms with Gasteiger partial charge in [-0.15, -0.1) is 0 Å². The van der Waals surface area contributed by atoms with E-state index in [9.17, 15) is 13.6 Å². The first-order valence-corrected chi connectivity index (χ1v) is 7.72. The second-order valence-corrected chi connectivity index (χ2v) is 5.86. The Bertz CT molecular complexity index is 844. The molecule has 3 rings (SSSR count). The fourth-order valence-electron chi connectivity index (χ4n) is 2.14. The maximum absolute atomic E-state index is 12.7. The van der Waals surface area contributed by atoms with Crippen molar-refractivity contribution in [3.05, 3.63) is 64.7 Å². The third-order valence-electron chi connectivity index (χ3n) is 3.24. The second kappa shape index (κ2) is 6.91. The first kappa shape index (κ1) is 16.3. The molecule has 2 heterocycles. The molecular weight excluding hydrogens is 384 g/mol. The summed E-state index contributed by atoms with van der Waals surface area (Å²) in [6, 6.07) is 8.98. The summed E-state index contributed by atoms with van der Waals surface area (Å²) >= 11 is 3.37. The van der Waals surface area contributed by atoms with E-state index >= 15 is 0 Å². The van der Waals surface area contributed by atoms with Crippen LogP contribution in [0.4, 0.5) is 14.5 Å². The lowest BCUT2D eigenvalue weighted by Gasteiger charge is -2.05. The van der Waals surface area contributed by atoms with Crippen LogP contribution in [0.15, 0.2) is 53.4 Å². The maximum Gasteiger partial charge on any atom is 0.333 e. The van der Waals surface area contributed by atoms with Gasteiger partial charge in [-0.2, -0.15) is 23.7 Å². The Morgan fingerprint density at radius 3 is 2.67 bits per heavy atom. The van der Waals surface area contributed by atoms with Crippen LogP contribution in [-0.2, 0) is 6.54 Å². The lowest BCUT2D eigenvalue weighted by Crippen LogP contribution is -2.18. The van der Waals surface area contributed by atoms with Gasteiger partial charge in [-0.3, -0.25) is 9.48 Å². The molecule has 3 aromatic rings. The molecule has 0 saturated carbocycles. The zero-order valence-electron chi connectivity index (χ0n) is 12.2. The van der Waals surface area contributed by atoms with Gasteiger partial charge in [0.25, 0.3) is 5.91 Å². The number of nitrogens with one attached hydrogen (secondary N) is 1. The predicted octanol–water partition coefficient (Wildman–Crippen LogP) is 3.54. The number of alkyl halides is 2. The van der Waals surface area contributed by atoms with Crippen molar-refractivity contribution >= 4 is 27.5 Å². The maximum atomic E-state index is 12.7. The molecule has 1 aromatic carbocycles. The molecule has 24 heavy (non-hydrogen) atoms. The molecule has 0 spiro atoms. The number of hydrogen-bond acceptors (Lipinski definition) is 3. The van der Waals surface area contributed by atoms with Gasteiger partial charge in [-0.1, -0.05) is 28.1 Å². The highest BCUT2D eigenvalue weighted by Gasteiger charge is 2.18. The fraction of sp³-hybridized carbons (Fsp3) is 0.133. The van der Waals surface area contributed by atoms with Gasteiger partial charge in [-0.25, -0.2) is 0 Å². The summed E-state index contributed by atoms with van der Waals surface area (Å²) in [5.74, 6) is -0.670. The number of nitrogens with zero attached hydrogens (tertiary/aromatic N) is 4. The van der Waals surface area contributed by atoms with E-state index in [0.717, 1.165) is 16.2 Å². The third-order valence-corrected chi connectivity index (χ3v) is 3.77. The van der Waals surface area contributed by atoms with Gasteiger partial charge in [0.1, 0.15) is 5.69 Å². The number of anilines is 1. The molecule has 0 bridgehead atoms. The Morgan fingerprint density at radius 2 is 1.96 bits per heavy atom. The molecule has 0 aliphatic heterocycles. The van der Waals surface area contributed by atoms with Crippen molar-refractivity contribution in [3.8, 4) is 0 Å². The molecule has 0 aliphatic rings. The Labute approximate surface area is 144 Å². The summed E-state index contributed by atoms with van der Waals surface area (Å²) in [4.78, 5) is 12.1. The van der Waals surface area contributed by atoms with Crippen LogP contribution in [0.5, 0.6) is 0 Å². The summed E-state index contributed by atoms with van der Waals surface area (Å²) < 4.78 is 28.5. The summed E-state index contributed by atoms with van der Waals surface area (Å²) in [5.41, 5.74) is 1.24. The van der Waals surface area contributed by atoms with E-state index in [1.54, 1.807) is 10.9 Å². The quantitative estimate of drug-likeness (QED) is 0.718. The first-order chi connectivity index (χ1) is 11.5. The van der Waals surface area contributed by atoms with E-state index in [2.05, 4.69) is 31.4 Å². The minimum absolute atomic E-state index is 0.217. The van der Waals surface area contributed by atoms with Crippen LogP contribution in [-0.4, -0.2) is 25.5 Å². The van der Waals surface area contributed by atoms with Crippen molar-refractivity contribution in [2.24, 2.45) is 0 Å². The van der Waals surface area contributed by atoms with Gasteiger partial charge in [0.15, 0.2) is 0 Å². The number of rotatable bonds is 5. The van der Waals surface area contributed by atoms with E-state index in [0.29, 0.717) is 16.9 Å². The largest absolute Gasteiger partial charge is 0.333 e. The van der Waals surface area contributed by atoms with Gasteiger partial charge in [0.2, 0.25) is 0 Å². The lowest BCUT2D eigenvalue weighted by atomic mass is 10.2. The van der Waals surface area contributed by atoms with Crippen molar-refractivity contribution in [1.82, 2.24) is 19.6 Å². The highest BCUT2D eigenvalue weighted by Crippen LogP contribution is 2.15. The number of hydrogen-bond donors (Lipinski definition) is 1. The molecular formula is C15H12BrF2N5O. The molecule has 0 radical (unpaired) electrons. The zero-order valence-corrected chi connectivity index (χ0v) is 13.8.